The lowest BCUT2D eigenvalue weighted by Crippen LogP contribution is -2.31. The van der Waals surface area contributed by atoms with Crippen molar-refractivity contribution in [2.45, 2.75) is 20.3 Å². The average Bonchev–Trinajstić information content (AvgIpc) is 2.69. The highest BCUT2D eigenvalue weighted by molar-refractivity contribution is 5.94. The van der Waals surface area contributed by atoms with Gasteiger partial charge in [0.2, 0.25) is 5.91 Å². The van der Waals surface area contributed by atoms with Crippen LogP contribution in [-0.2, 0) is 4.79 Å². The van der Waals surface area contributed by atoms with Crippen LogP contribution in [0.15, 0.2) is 41.5 Å². The molecular weight excluding hydrogens is 358 g/mol. The van der Waals surface area contributed by atoms with E-state index in [1.165, 1.54) is 0 Å². The van der Waals surface area contributed by atoms with Gasteiger partial charge < -0.3 is 25.4 Å². The number of aromatic nitrogens is 1. The topological polar surface area (TPSA) is 96.9 Å². The quantitative estimate of drug-likeness (QED) is 0.478. The SMILES string of the molecule is CCNC(=NCCC(=O)Nc1ccc(C)cn1)Nc1ccc(OC)c(OC)c1. The van der Waals surface area contributed by atoms with E-state index in [0.717, 1.165) is 11.3 Å². The minimum absolute atomic E-state index is 0.137. The van der Waals surface area contributed by atoms with Crippen LogP contribution >= 0.6 is 0 Å². The summed E-state index contributed by atoms with van der Waals surface area (Å²) in [4.78, 5) is 20.7. The summed E-state index contributed by atoms with van der Waals surface area (Å²) in [6.07, 6.45) is 1.96. The number of carbonyl (C=O) groups excluding carboxylic acids is 1. The van der Waals surface area contributed by atoms with Crippen molar-refractivity contribution < 1.29 is 14.3 Å². The first-order chi connectivity index (χ1) is 13.5. The number of methoxy groups -OCH3 is 2. The number of rotatable bonds is 8. The van der Waals surface area contributed by atoms with Crippen molar-refractivity contribution in [3.63, 3.8) is 0 Å². The zero-order valence-corrected chi connectivity index (χ0v) is 16.7. The first-order valence-electron chi connectivity index (χ1n) is 9.05. The van der Waals surface area contributed by atoms with Crippen LogP contribution in [0.5, 0.6) is 11.5 Å². The highest BCUT2D eigenvalue weighted by Crippen LogP contribution is 2.29. The van der Waals surface area contributed by atoms with Crippen molar-refractivity contribution in [2.24, 2.45) is 4.99 Å². The molecule has 2 aromatic rings. The Labute approximate surface area is 165 Å². The molecule has 1 amide bonds. The molecule has 0 radical (unpaired) electrons. The van der Waals surface area contributed by atoms with Gasteiger partial charge in [0.15, 0.2) is 17.5 Å². The molecule has 1 heterocycles. The van der Waals surface area contributed by atoms with Gasteiger partial charge in [-0.2, -0.15) is 0 Å². The molecule has 0 aliphatic carbocycles. The molecule has 8 nitrogen and oxygen atoms in total. The van der Waals surface area contributed by atoms with Crippen molar-refractivity contribution >= 4 is 23.4 Å². The zero-order chi connectivity index (χ0) is 20.4. The van der Waals surface area contributed by atoms with Crippen LogP contribution in [0.2, 0.25) is 0 Å². The van der Waals surface area contributed by atoms with Gasteiger partial charge in [0.25, 0.3) is 0 Å². The number of pyridine rings is 1. The number of benzene rings is 1. The van der Waals surface area contributed by atoms with E-state index in [2.05, 4.69) is 25.9 Å². The molecule has 150 valence electrons. The predicted molar refractivity (Wildman–Crippen MR) is 111 cm³/mol. The normalized spacial score (nSPS) is 10.9. The summed E-state index contributed by atoms with van der Waals surface area (Å²) >= 11 is 0. The standard InChI is InChI=1S/C20H27N5O3/c1-5-21-20(24-15-7-8-16(27-3)17(12-15)28-4)22-11-10-19(26)25-18-9-6-14(2)13-23-18/h6-9,12-13H,5,10-11H2,1-4H3,(H2,21,22,24)(H,23,25,26). The molecule has 0 unspecified atom stereocenters. The maximum atomic E-state index is 12.1. The maximum Gasteiger partial charge on any atom is 0.227 e. The third-order valence-corrected chi connectivity index (χ3v) is 3.78. The summed E-state index contributed by atoms with van der Waals surface area (Å²) in [6, 6.07) is 9.18. The molecule has 0 saturated heterocycles. The van der Waals surface area contributed by atoms with Crippen molar-refractivity contribution in [3.8, 4) is 11.5 Å². The minimum Gasteiger partial charge on any atom is -0.493 e. The summed E-state index contributed by atoms with van der Waals surface area (Å²) in [5.74, 6) is 2.25. The maximum absolute atomic E-state index is 12.1. The molecule has 8 heteroatoms. The lowest BCUT2D eigenvalue weighted by Gasteiger charge is -2.13. The fourth-order valence-electron chi connectivity index (χ4n) is 2.37. The molecule has 28 heavy (non-hydrogen) atoms. The molecule has 2 rings (SSSR count). The van der Waals surface area contributed by atoms with Crippen LogP contribution in [-0.4, -0.2) is 44.2 Å². The Morgan fingerprint density at radius 1 is 1.11 bits per heavy atom. The Morgan fingerprint density at radius 2 is 1.89 bits per heavy atom. The molecule has 0 atom stereocenters. The summed E-state index contributed by atoms with van der Waals surface area (Å²) in [6.45, 7) is 4.95. The van der Waals surface area contributed by atoms with E-state index in [0.29, 0.717) is 36.4 Å². The van der Waals surface area contributed by atoms with E-state index in [4.69, 9.17) is 9.47 Å². The van der Waals surface area contributed by atoms with Crippen LogP contribution in [0.4, 0.5) is 11.5 Å². The van der Waals surface area contributed by atoms with Gasteiger partial charge in [-0.05, 0) is 37.6 Å². The van der Waals surface area contributed by atoms with Gasteiger partial charge in [-0.15, -0.1) is 0 Å². The molecular formula is C20H27N5O3. The molecule has 1 aromatic carbocycles. The van der Waals surface area contributed by atoms with Gasteiger partial charge in [-0.3, -0.25) is 9.79 Å². The number of hydrogen-bond acceptors (Lipinski definition) is 5. The largest absolute Gasteiger partial charge is 0.493 e. The Bertz CT molecular complexity index is 806. The Kier molecular flexibility index (Phi) is 8.08. The zero-order valence-electron chi connectivity index (χ0n) is 16.7. The van der Waals surface area contributed by atoms with Crippen molar-refractivity contribution in [2.75, 3.05) is 37.9 Å². The number of hydrogen-bond donors (Lipinski definition) is 3. The fourth-order valence-corrected chi connectivity index (χ4v) is 2.37. The Balaban J connectivity index is 1.94. The fraction of sp³-hybridized carbons (Fsp3) is 0.350. The number of aliphatic imine (C=N–C) groups is 1. The van der Waals surface area contributed by atoms with Gasteiger partial charge in [0, 0.05) is 30.9 Å². The average molecular weight is 385 g/mol. The lowest BCUT2D eigenvalue weighted by molar-refractivity contribution is -0.116. The van der Waals surface area contributed by atoms with Gasteiger partial charge in [-0.1, -0.05) is 6.07 Å². The van der Waals surface area contributed by atoms with Crippen LogP contribution in [0, 0.1) is 6.92 Å². The number of guanidine groups is 1. The smallest absolute Gasteiger partial charge is 0.227 e. The number of carbonyl (C=O) groups is 1. The number of amides is 1. The third kappa shape index (κ3) is 6.46. The molecule has 0 bridgehead atoms. The van der Waals surface area contributed by atoms with E-state index in [1.807, 2.05) is 38.1 Å². The summed E-state index contributed by atoms with van der Waals surface area (Å²) in [5.41, 5.74) is 1.84. The predicted octanol–water partition coefficient (Wildman–Crippen LogP) is 2.81. The first-order valence-corrected chi connectivity index (χ1v) is 9.05. The lowest BCUT2D eigenvalue weighted by atomic mass is 10.2. The van der Waals surface area contributed by atoms with Crippen LogP contribution in [0.1, 0.15) is 18.9 Å². The Hall–Kier alpha value is -3.29. The number of aryl methyl sites for hydroxylation is 1. The summed E-state index contributed by atoms with van der Waals surface area (Å²) in [7, 11) is 3.18. The van der Waals surface area contributed by atoms with Crippen LogP contribution < -0.4 is 25.4 Å². The van der Waals surface area contributed by atoms with Gasteiger partial charge >= 0.3 is 0 Å². The van der Waals surface area contributed by atoms with E-state index >= 15 is 0 Å². The van der Waals surface area contributed by atoms with E-state index < -0.39 is 0 Å². The van der Waals surface area contributed by atoms with Crippen molar-refractivity contribution in [1.82, 2.24) is 10.3 Å². The van der Waals surface area contributed by atoms with E-state index in [9.17, 15) is 4.79 Å². The third-order valence-electron chi connectivity index (χ3n) is 3.78. The number of ether oxygens (including phenoxy) is 2. The molecule has 0 fully saturated rings. The second kappa shape index (κ2) is 10.8. The number of nitrogens with one attached hydrogen (secondary N) is 3. The summed E-state index contributed by atoms with van der Waals surface area (Å²) < 4.78 is 10.6. The highest BCUT2D eigenvalue weighted by Gasteiger charge is 2.07. The second-order valence-corrected chi connectivity index (χ2v) is 5.97. The number of nitrogens with zero attached hydrogens (tertiary/aromatic N) is 2. The molecule has 0 aliphatic heterocycles. The molecule has 1 aromatic heterocycles. The monoisotopic (exact) mass is 385 g/mol. The van der Waals surface area contributed by atoms with Crippen molar-refractivity contribution in [3.05, 3.63) is 42.1 Å². The second-order valence-electron chi connectivity index (χ2n) is 5.97. The number of anilines is 2. The molecule has 0 aliphatic rings. The minimum atomic E-state index is -0.137. The van der Waals surface area contributed by atoms with Crippen LogP contribution in [0.3, 0.4) is 0 Å². The highest BCUT2D eigenvalue weighted by atomic mass is 16.5. The molecule has 3 N–H and O–H groups in total. The first kappa shape index (κ1) is 21.0. The van der Waals surface area contributed by atoms with Gasteiger partial charge in [-0.25, -0.2) is 4.98 Å². The van der Waals surface area contributed by atoms with Crippen molar-refractivity contribution in [1.29, 1.82) is 0 Å². The molecule has 0 spiro atoms. The Morgan fingerprint density at radius 3 is 2.54 bits per heavy atom. The van der Waals surface area contributed by atoms with Crippen LogP contribution in [0.25, 0.3) is 0 Å². The summed E-state index contributed by atoms with van der Waals surface area (Å²) in [5, 5.41) is 9.11. The molecule has 0 saturated carbocycles. The van der Waals surface area contributed by atoms with Gasteiger partial charge in [0.1, 0.15) is 5.82 Å². The van der Waals surface area contributed by atoms with E-state index in [1.54, 1.807) is 26.5 Å². The van der Waals surface area contributed by atoms with E-state index in [-0.39, 0.29) is 12.3 Å². The van der Waals surface area contributed by atoms with Gasteiger partial charge in [0.05, 0.1) is 20.8 Å².